The van der Waals surface area contributed by atoms with Gasteiger partial charge in [0.25, 0.3) is 5.91 Å². The van der Waals surface area contributed by atoms with Gasteiger partial charge in [0.1, 0.15) is 5.69 Å². The first-order valence-corrected chi connectivity index (χ1v) is 7.51. The zero-order valence-electron chi connectivity index (χ0n) is 12.9. The first-order valence-electron chi connectivity index (χ1n) is 7.51. The molecule has 6 nitrogen and oxygen atoms in total. The minimum Gasteiger partial charge on any atom is -0.481 e. The predicted octanol–water partition coefficient (Wildman–Crippen LogP) is 2.44. The van der Waals surface area contributed by atoms with E-state index in [-0.39, 0.29) is 17.8 Å². The van der Waals surface area contributed by atoms with Crippen molar-refractivity contribution in [1.82, 2.24) is 14.7 Å². The number of aliphatic carboxylic acids is 1. The van der Waals surface area contributed by atoms with Gasteiger partial charge in [0.05, 0.1) is 17.8 Å². The number of carboxylic acids is 1. The summed E-state index contributed by atoms with van der Waals surface area (Å²) in [6.45, 7) is 0.392. The number of carbonyl (C=O) groups is 2. The highest BCUT2D eigenvalue weighted by Crippen LogP contribution is 2.30. The largest absolute Gasteiger partial charge is 0.481 e. The van der Waals surface area contributed by atoms with Gasteiger partial charge in [-0.15, -0.1) is 0 Å². The van der Waals surface area contributed by atoms with Gasteiger partial charge in [0.2, 0.25) is 0 Å². The van der Waals surface area contributed by atoms with Crippen molar-refractivity contribution in [2.45, 2.75) is 12.6 Å². The highest BCUT2D eigenvalue weighted by Gasteiger charge is 2.35. The van der Waals surface area contributed by atoms with Crippen LogP contribution in [0.1, 0.15) is 22.5 Å². The van der Waals surface area contributed by atoms with E-state index in [9.17, 15) is 22.8 Å². The summed E-state index contributed by atoms with van der Waals surface area (Å²) in [6, 6.07) is 6.54. The Bertz CT molecular complexity index is 816. The van der Waals surface area contributed by atoms with Crippen LogP contribution < -0.4 is 0 Å². The molecule has 1 fully saturated rings. The van der Waals surface area contributed by atoms with E-state index in [2.05, 4.69) is 5.10 Å². The number of carbonyl (C=O) groups excluding carboxylic acids is 1. The molecule has 0 bridgehead atoms. The molecule has 0 radical (unpaired) electrons. The zero-order chi connectivity index (χ0) is 18.2. The number of nitrogens with zero attached hydrogens (tertiary/aromatic N) is 3. The highest BCUT2D eigenvalue weighted by molar-refractivity contribution is 5.95. The fraction of sp³-hybridized carbons (Fsp3) is 0.312. The Morgan fingerprint density at radius 1 is 1.24 bits per heavy atom. The van der Waals surface area contributed by atoms with Crippen LogP contribution in [0.4, 0.5) is 13.2 Å². The van der Waals surface area contributed by atoms with Gasteiger partial charge >= 0.3 is 12.1 Å². The molecular weight excluding hydrogens is 339 g/mol. The lowest BCUT2D eigenvalue weighted by atomic mass is 10.1. The molecule has 1 aliphatic heterocycles. The van der Waals surface area contributed by atoms with Crippen molar-refractivity contribution in [3.05, 3.63) is 47.8 Å². The summed E-state index contributed by atoms with van der Waals surface area (Å²) in [5, 5.41) is 12.7. The smallest absolute Gasteiger partial charge is 0.433 e. The Kier molecular flexibility index (Phi) is 4.23. The second kappa shape index (κ2) is 6.23. The van der Waals surface area contributed by atoms with Crippen molar-refractivity contribution in [3.63, 3.8) is 0 Å². The first-order chi connectivity index (χ1) is 11.8. The molecule has 25 heavy (non-hydrogen) atoms. The van der Waals surface area contributed by atoms with Crippen LogP contribution in [0.15, 0.2) is 36.5 Å². The van der Waals surface area contributed by atoms with Crippen molar-refractivity contribution < 1.29 is 27.9 Å². The second-order valence-electron chi connectivity index (χ2n) is 5.75. The quantitative estimate of drug-likeness (QED) is 0.920. The number of hydrogen-bond acceptors (Lipinski definition) is 3. The number of rotatable bonds is 3. The van der Waals surface area contributed by atoms with Gasteiger partial charge in [-0.2, -0.15) is 18.3 Å². The SMILES string of the molecule is O=C(O)C1CCN(C(=O)c2cccc(-n3nccc3C(F)(F)F)c2)C1. The number of halogens is 3. The summed E-state index contributed by atoms with van der Waals surface area (Å²) < 4.78 is 39.7. The molecular formula is C16H14F3N3O3. The third kappa shape index (κ3) is 3.35. The molecule has 132 valence electrons. The van der Waals surface area contributed by atoms with Gasteiger partial charge < -0.3 is 10.0 Å². The molecule has 2 heterocycles. The number of alkyl halides is 3. The molecule has 1 saturated heterocycles. The van der Waals surface area contributed by atoms with Crippen LogP contribution >= 0.6 is 0 Å². The molecule has 1 amide bonds. The maximum absolute atomic E-state index is 13.0. The first kappa shape index (κ1) is 17.0. The van der Waals surface area contributed by atoms with Crippen LogP contribution in [-0.4, -0.2) is 44.8 Å². The minimum atomic E-state index is -4.57. The van der Waals surface area contributed by atoms with Gasteiger partial charge in [-0.3, -0.25) is 9.59 Å². The molecule has 3 rings (SSSR count). The molecule has 0 aliphatic carbocycles. The normalized spacial score (nSPS) is 17.7. The molecule has 2 aromatic rings. The zero-order valence-corrected chi connectivity index (χ0v) is 12.9. The van der Waals surface area contributed by atoms with Gasteiger partial charge in [0, 0.05) is 18.7 Å². The van der Waals surface area contributed by atoms with Gasteiger partial charge in [-0.1, -0.05) is 6.07 Å². The maximum Gasteiger partial charge on any atom is 0.433 e. The standard InChI is InChI=1S/C16H14F3N3O3/c17-16(18,19)13-4-6-20-22(13)12-3-1-2-10(8-12)14(23)21-7-5-11(9-21)15(24)25/h1-4,6,8,11H,5,7,9H2,(H,24,25). The van der Waals surface area contributed by atoms with Gasteiger partial charge in [-0.05, 0) is 30.7 Å². The van der Waals surface area contributed by atoms with E-state index >= 15 is 0 Å². The number of amides is 1. The van der Waals surface area contributed by atoms with Crippen LogP contribution in [0.3, 0.4) is 0 Å². The molecule has 1 N–H and O–H groups in total. The van der Waals surface area contributed by atoms with Crippen LogP contribution in [0.2, 0.25) is 0 Å². The van der Waals surface area contributed by atoms with Gasteiger partial charge in [0.15, 0.2) is 0 Å². The number of hydrogen-bond donors (Lipinski definition) is 1. The highest BCUT2D eigenvalue weighted by atomic mass is 19.4. The molecule has 0 saturated carbocycles. The molecule has 1 aromatic carbocycles. The van der Waals surface area contributed by atoms with Crippen LogP contribution in [0.5, 0.6) is 0 Å². The molecule has 1 atom stereocenters. The van der Waals surface area contributed by atoms with E-state index < -0.39 is 29.7 Å². The summed E-state index contributed by atoms with van der Waals surface area (Å²) in [5.74, 6) is -1.99. The van der Waals surface area contributed by atoms with Crippen LogP contribution in [0, 0.1) is 5.92 Å². The van der Waals surface area contributed by atoms with Crippen molar-refractivity contribution in [3.8, 4) is 5.69 Å². The summed E-state index contributed by atoms with van der Waals surface area (Å²) in [6.07, 6.45) is -3.17. The van der Waals surface area contributed by atoms with Crippen molar-refractivity contribution in [2.75, 3.05) is 13.1 Å². The fourth-order valence-corrected chi connectivity index (χ4v) is 2.82. The third-order valence-corrected chi connectivity index (χ3v) is 4.10. The van der Waals surface area contributed by atoms with E-state index in [1.54, 1.807) is 0 Å². The van der Waals surface area contributed by atoms with Crippen molar-refractivity contribution in [2.24, 2.45) is 5.92 Å². The Hall–Kier alpha value is -2.84. The van der Waals surface area contributed by atoms with E-state index in [1.807, 2.05) is 0 Å². The molecule has 1 aliphatic rings. The number of aromatic nitrogens is 2. The Labute approximate surface area is 140 Å². The lowest BCUT2D eigenvalue weighted by Gasteiger charge is -2.17. The topological polar surface area (TPSA) is 75.4 Å². The number of likely N-dealkylation sites (tertiary alicyclic amines) is 1. The second-order valence-corrected chi connectivity index (χ2v) is 5.75. The number of carboxylic acid groups (broad SMARTS) is 1. The molecule has 1 aromatic heterocycles. The predicted molar refractivity (Wildman–Crippen MR) is 80.2 cm³/mol. The van der Waals surface area contributed by atoms with Crippen LogP contribution in [-0.2, 0) is 11.0 Å². The summed E-state index contributed by atoms with van der Waals surface area (Å²) >= 11 is 0. The Morgan fingerprint density at radius 3 is 2.64 bits per heavy atom. The number of benzene rings is 1. The Morgan fingerprint density at radius 2 is 2.00 bits per heavy atom. The third-order valence-electron chi connectivity index (χ3n) is 4.10. The Balaban J connectivity index is 1.87. The van der Waals surface area contributed by atoms with E-state index in [0.29, 0.717) is 13.0 Å². The average Bonchev–Trinajstić information content (AvgIpc) is 3.23. The monoisotopic (exact) mass is 353 g/mol. The van der Waals surface area contributed by atoms with E-state index in [0.717, 1.165) is 16.9 Å². The van der Waals surface area contributed by atoms with E-state index in [1.165, 1.54) is 29.2 Å². The molecule has 9 heteroatoms. The molecule has 0 spiro atoms. The summed E-state index contributed by atoms with van der Waals surface area (Å²) in [4.78, 5) is 24.9. The lowest BCUT2D eigenvalue weighted by molar-refractivity contribution is -0.143. The average molecular weight is 353 g/mol. The van der Waals surface area contributed by atoms with Crippen molar-refractivity contribution in [1.29, 1.82) is 0 Å². The lowest BCUT2D eigenvalue weighted by Crippen LogP contribution is -2.30. The molecule has 1 unspecified atom stereocenters. The minimum absolute atomic E-state index is 0.0912. The summed E-state index contributed by atoms with van der Waals surface area (Å²) in [5.41, 5.74) is -0.645. The van der Waals surface area contributed by atoms with E-state index in [4.69, 9.17) is 5.11 Å². The maximum atomic E-state index is 13.0. The fourth-order valence-electron chi connectivity index (χ4n) is 2.82. The summed E-state index contributed by atoms with van der Waals surface area (Å²) in [7, 11) is 0. The van der Waals surface area contributed by atoms with Crippen molar-refractivity contribution >= 4 is 11.9 Å². The van der Waals surface area contributed by atoms with Gasteiger partial charge in [-0.25, -0.2) is 4.68 Å². The van der Waals surface area contributed by atoms with Crippen LogP contribution in [0.25, 0.3) is 5.69 Å².